The number of hydrogen-bond donors (Lipinski definition) is 0. The molecule has 0 radical (unpaired) electrons. The van der Waals surface area contributed by atoms with Crippen molar-refractivity contribution < 1.29 is 0 Å². The maximum absolute atomic E-state index is 5.71. The van der Waals surface area contributed by atoms with E-state index in [1.807, 2.05) is 24.3 Å². The minimum absolute atomic E-state index is 0.654. The van der Waals surface area contributed by atoms with Crippen LogP contribution in [-0.2, 0) is 0 Å². The molecule has 1 atom stereocenters. The first-order valence-electron chi connectivity index (χ1n) is 2.45. The zero-order valence-corrected chi connectivity index (χ0v) is 7.91. The summed E-state index contributed by atoms with van der Waals surface area (Å²) >= 11 is 9.07. The first kappa shape index (κ1) is 7.53. The lowest BCUT2D eigenvalue weighted by Gasteiger charge is -1.92. The van der Waals surface area contributed by atoms with E-state index < -0.39 is 0 Å². The average Bonchev–Trinajstić information content (AvgIpc) is 1.88. The zero-order chi connectivity index (χ0) is 6.69. The molecule has 0 N–H and O–H groups in total. The third kappa shape index (κ3) is 2.25. The van der Waals surface area contributed by atoms with Crippen LogP contribution >= 0.6 is 34.4 Å². The van der Waals surface area contributed by atoms with Crippen LogP contribution in [0.1, 0.15) is 0 Å². The average molecular weight is 223 g/mol. The Morgan fingerprint density at radius 3 is 2.67 bits per heavy atom. The minimum atomic E-state index is 0.654. The smallest absolute Gasteiger partial charge is 0.0412 e. The lowest BCUT2D eigenvalue weighted by molar-refractivity contribution is 1.77. The molecule has 0 bridgehead atoms. The van der Waals surface area contributed by atoms with Gasteiger partial charge in [-0.25, -0.2) is 0 Å². The second-order valence-electron chi connectivity index (χ2n) is 1.60. The van der Waals surface area contributed by atoms with E-state index >= 15 is 0 Å². The van der Waals surface area contributed by atoms with Crippen LogP contribution in [0.15, 0.2) is 24.3 Å². The lowest BCUT2D eigenvalue weighted by atomic mass is 10.4. The molecule has 0 saturated heterocycles. The highest BCUT2D eigenvalue weighted by molar-refractivity contribution is 9.37. The van der Waals surface area contributed by atoms with Gasteiger partial charge in [-0.15, -0.1) is 0 Å². The number of halogens is 2. The van der Waals surface area contributed by atoms with Crippen LogP contribution in [0.2, 0.25) is 5.02 Å². The fraction of sp³-hybridized carbons (Fsp3) is 0. The fourth-order valence-corrected chi connectivity index (χ4v) is 1.94. The summed E-state index contributed by atoms with van der Waals surface area (Å²) < 4.78 is 0. The van der Waals surface area contributed by atoms with E-state index in [1.54, 1.807) is 0 Å². The largest absolute Gasteiger partial charge is 0.0843 e. The van der Waals surface area contributed by atoms with E-state index in [1.165, 1.54) is 5.30 Å². The number of benzene rings is 1. The molecule has 0 aliphatic heterocycles. The van der Waals surface area contributed by atoms with Gasteiger partial charge in [0.15, 0.2) is 0 Å². The number of rotatable bonds is 1. The minimum Gasteiger partial charge on any atom is -0.0843 e. The third-order valence-electron chi connectivity index (χ3n) is 0.934. The summed E-state index contributed by atoms with van der Waals surface area (Å²) in [6.07, 6.45) is 0. The molecule has 0 nitrogen and oxygen atoms in total. The molecular formula is C6H5BrClP. The van der Waals surface area contributed by atoms with E-state index in [4.69, 9.17) is 11.6 Å². The molecule has 0 amide bonds. The molecule has 0 spiro atoms. The Balaban J connectivity index is 2.94. The van der Waals surface area contributed by atoms with E-state index in [0.29, 0.717) is 7.28 Å². The Bertz CT molecular complexity index is 202. The van der Waals surface area contributed by atoms with Crippen molar-refractivity contribution in [2.24, 2.45) is 0 Å². The molecule has 0 fully saturated rings. The van der Waals surface area contributed by atoms with E-state index in [-0.39, 0.29) is 0 Å². The highest BCUT2D eigenvalue weighted by atomic mass is 79.9. The summed E-state index contributed by atoms with van der Waals surface area (Å²) in [5.41, 5.74) is 0. The van der Waals surface area contributed by atoms with E-state index in [9.17, 15) is 0 Å². The molecule has 1 aromatic rings. The van der Waals surface area contributed by atoms with Crippen LogP contribution in [-0.4, -0.2) is 0 Å². The summed E-state index contributed by atoms with van der Waals surface area (Å²) in [5, 5.41) is 2.04. The van der Waals surface area contributed by atoms with Gasteiger partial charge in [0.25, 0.3) is 0 Å². The van der Waals surface area contributed by atoms with Crippen LogP contribution in [0.4, 0.5) is 0 Å². The SMILES string of the molecule is Clc1cccc(PBr)c1. The van der Waals surface area contributed by atoms with Gasteiger partial charge in [0.2, 0.25) is 0 Å². The Hall–Kier alpha value is 0.420. The molecule has 48 valence electrons. The highest BCUT2D eigenvalue weighted by Gasteiger charge is 1.88. The van der Waals surface area contributed by atoms with Gasteiger partial charge < -0.3 is 0 Å². The Morgan fingerprint density at radius 2 is 2.22 bits per heavy atom. The lowest BCUT2D eigenvalue weighted by Crippen LogP contribution is -1.87. The predicted molar refractivity (Wildman–Crippen MR) is 48.3 cm³/mol. The van der Waals surface area contributed by atoms with Crippen molar-refractivity contribution in [3.05, 3.63) is 29.3 Å². The van der Waals surface area contributed by atoms with Crippen molar-refractivity contribution in [2.45, 2.75) is 0 Å². The van der Waals surface area contributed by atoms with Crippen LogP contribution in [0, 0.1) is 0 Å². The fourth-order valence-electron chi connectivity index (χ4n) is 0.547. The van der Waals surface area contributed by atoms with Crippen LogP contribution < -0.4 is 5.30 Å². The molecule has 9 heavy (non-hydrogen) atoms. The van der Waals surface area contributed by atoms with Gasteiger partial charge in [0.1, 0.15) is 0 Å². The second kappa shape index (κ2) is 3.55. The zero-order valence-electron chi connectivity index (χ0n) is 4.57. The molecule has 1 aromatic carbocycles. The van der Waals surface area contributed by atoms with Crippen LogP contribution in [0.3, 0.4) is 0 Å². The van der Waals surface area contributed by atoms with Crippen molar-refractivity contribution in [3.63, 3.8) is 0 Å². The predicted octanol–water partition coefficient (Wildman–Crippen LogP) is 2.95. The summed E-state index contributed by atoms with van der Waals surface area (Å²) in [4.78, 5) is 0. The van der Waals surface area contributed by atoms with Gasteiger partial charge in [-0.05, 0) is 24.7 Å². The first-order chi connectivity index (χ1) is 4.33. The van der Waals surface area contributed by atoms with Gasteiger partial charge in [-0.2, -0.15) is 0 Å². The Morgan fingerprint density at radius 1 is 1.44 bits per heavy atom. The Kier molecular flexibility index (Phi) is 2.97. The van der Waals surface area contributed by atoms with Crippen molar-refractivity contribution in [3.8, 4) is 0 Å². The molecule has 3 heteroatoms. The molecule has 0 aliphatic carbocycles. The normalized spacial score (nSPS) is 10.9. The third-order valence-corrected chi connectivity index (χ3v) is 3.07. The summed E-state index contributed by atoms with van der Waals surface area (Å²) in [5.74, 6) is 0. The van der Waals surface area contributed by atoms with Crippen molar-refractivity contribution in [1.82, 2.24) is 0 Å². The molecule has 0 aliphatic rings. The standard InChI is InChI=1S/C6H5BrClP/c7-9-6-3-1-2-5(8)4-6/h1-4,9H. The highest BCUT2D eigenvalue weighted by Crippen LogP contribution is 2.20. The first-order valence-corrected chi connectivity index (χ1v) is 6.08. The van der Waals surface area contributed by atoms with Gasteiger partial charge in [0, 0.05) is 5.02 Å². The van der Waals surface area contributed by atoms with Gasteiger partial charge in [-0.1, -0.05) is 39.2 Å². The molecule has 0 saturated carbocycles. The maximum Gasteiger partial charge on any atom is 0.0412 e. The Labute approximate surface area is 69.1 Å². The maximum atomic E-state index is 5.71. The number of hydrogen-bond acceptors (Lipinski definition) is 0. The molecule has 1 unspecified atom stereocenters. The van der Waals surface area contributed by atoms with Gasteiger partial charge >= 0.3 is 0 Å². The second-order valence-corrected chi connectivity index (χ2v) is 4.00. The summed E-state index contributed by atoms with van der Waals surface area (Å²) in [7, 11) is 0.654. The summed E-state index contributed by atoms with van der Waals surface area (Å²) in [6.45, 7) is 0. The van der Waals surface area contributed by atoms with E-state index in [2.05, 4.69) is 15.5 Å². The quantitative estimate of drug-likeness (QED) is 0.642. The van der Waals surface area contributed by atoms with Gasteiger partial charge in [-0.3, -0.25) is 0 Å². The van der Waals surface area contributed by atoms with Crippen LogP contribution in [0.25, 0.3) is 0 Å². The molecular weight excluding hydrogens is 218 g/mol. The van der Waals surface area contributed by atoms with Crippen molar-refractivity contribution in [1.29, 1.82) is 0 Å². The van der Waals surface area contributed by atoms with Crippen molar-refractivity contribution in [2.75, 3.05) is 0 Å². The monoisotopic (exact) mass is 222 g/mol. The van der Waals surface area contributed by atoms with Crippen molar-refractivity contribution >= 4 is 39.7 Å². The summed E-state index contributed by atoms with van der Waals surface area (Å²) in [6, 6.07) is 7.82. The van der Waals surface area contributed by atoms with Crippen LogP contribution in [0.5, 0.6) is 0 Å². The molecule has 1 rings (SSSR count). The van der Waals surface area contributed by atoms with Gasteiger partial charge in [0.05, 0.1) is 0 Å². The molecule has 0 aromatic heterocycles. The van der Waals surface area contributed by atoms with E-state index in [0.717, 1.165) is 5.02 Å². The topological polar surface area (TPSA) is 0 Å². The molecule has 0 heterocycles.